The molecule has 1 aliphatic rings. The Balaban J connectivity index is 1.07. The van der Waals surface area contributed by atoms with Crippen LogP contribution in [-0.4, -0.2) is 9.97 Å². The fourth-order valence-corrected chi connectivity index (χ4v) is 10.8. The van der Waals surface area contributed by atoms with Crippen molar-refractivity contribution in [3.8, 4) is 50.8 Å². The summed E-state index contributed by atoms with van der Waals surface area (Å²) >= 11 is 0. The topological polar surface area (TPSA) is 49.6 Å². The molecule has 0 fully saturated rings. The van der Waals surface area contributed by atoms with Crippen molar-refractivity contribution in [3.63, 3.8) is 0 Å². The molecule has 0 saturated carbocycles. The predicted molar refractivity (Wildman–Crippen MR) is 260 cm³/mol. The molecule has 9 aromatic carbocycles. The average Bonchev–Trinajstić information content (AvgIpc) is 3.65. The molecule has 0 bridgehead atoms. The van der Waals surface area contributed by atoms with Gasteiger partial charge in [0.15, 0.2) is 0 Å². The maximum atomic E-state index is 10.1. The third-order valence-corrected chi connectivity index (χ3v) is 13.5. The molecule has 3 nitrogen and oxygen atoms in total. The lowest BCUT2D eigenvalue weighted by Gasteiger charge is -2.34. The predicted octanol–water partition coefficient (Wildman–Crippen LogP) is 14.9. The summed E-state index contributed by atoms with van der Waals surface area (Å²) in [6.45, 7) is 4.54. The second-order valence-corrected chi connectivity index (χ2v) is 16.8. The van der Waals surface area contributed by atoms with E-state index in [2.05, 4.69) is 214 Å². The zero-order valence-corrected chi connectivity index (χ0v) is 34.9. The van der Waals surface area contributed by atoms with Gasteiger partial charge in [0.1, 0.15) is 0 Å². The van der Waals surface area contributed by atoms with Gasteiger partial charge in [0.25, 0.3) is 0 Å². The Morgan fingerprint density at radius 3 is 1.37 bits per heavy atom. The summed E-state index contributed by atoms with van der Waals surface area (Å²) in [6, 6.07) is 73.7. The normalized spacial score (nSPS) is 12.7. The third-order valence-electron chi connectivity index (χ3n) is 13.5. The summed E-state index contributed by atoms with van der Waals surface area (Å²) in [6.07, 6.45) is 0. The fraction of sp³-hybridized carbons (Fsp3) is 0.0500. The van der Waals surface area contributed by atoms with E-state index in [1.54, 1.807) is 0 Å². The number of benzene rings is 9. The Morgan fingerprint density at radius 1 is 0.397 bits per heavy atom. The van der Waals surface area contributed by atoms with Crippen LogP contribution in [0.3, 0.4) is 0 Å². The highest BCUT2D eigenvalue weighted by Crippen LogP contribution is 2.57. The number of fused-ring (bicyclic) bond motifs is 9. The van der Waals surface area contributed by atoms with E-state index in [1.807, 2.05) is 6.07 Å². The van der Waals surface area contributed by atoms with Crippen molar-refractivity contribution in [2.75, 3.05) is 0 Å². The van der Waals surface area contributed by atoms with Crippen molar-refractivity contribution in [3.05, 3.63) is 239 Å². The molecule has 2 heterocycles. The highest BCUT2D eigenvalue weighted by Gasteiger charge is 2.46. The first-order valence-corrected chi connectivity index (χ1v) is 21.6. The summed E-state index contributed by atoms with van der Waals surface area (Å²) in [5.74, 6) is 0. The van der Waals surface area contributed by atoms with Crippen molar-refractivity contribution in [2.45, 2.75) is 19.3 Å². The molecule has 0 N–H and O–H groups in total. The van der Waals surface area contributed by atoms with Crippen LogP contribution in [0.25, 0.3) is 88.1 Å². The molecule has 0 unspecified atom stereocenters. The Morgan fingerprint density at radius 2 is 0.825 bits per heavy atom. The van der Waals surface area contributed by atoms with Crippen molar-refractivity contribution in [1.82, 2.24) is 9.97 Å². The molecule has 1 aliphatic carbocycles. The van der Waals surface area contributed by atoms with Crippen molar-refractivity contribution in [2.24, 2.45) is 0 Å². The van der Waals surface area contributed by atoms with Gasteiger partial charge in [-0.3, -0.25) is 0 Å². The lowest BCUT2D eigenvalue weighted by atomic mass is 9.67. The molecular weight excluding hydrogens is 763 g/mol. The van der Waals surface area contributed by atoms with E-state index in [0.717, 1.165) is 66.6 Å². The SMILES string of the molecule is Cc1c2c(-c3ccc(-c4ccc5c(c4)C(c4ccccc4)(c4ccccc4)c4cc(C#N)ccc4-5)cc3)nc3ccccc3c2c(C)c2c(-c3ccccc3)nc3ccccc3c12. The van der Waals surface area contributed by atoms with E-state index in [4.69, 9.17) is 9.97 Å². The molecule has 0 spiro atoms. The van der Waals surface area contributed by atoms with Crippen molar-refractivity contribution < 1.29 is 0 Å². The minimum Gasteiger partial charge on any atom is -0.247 e. The minimum atomic E-state index is -0.609. The molecule has 294 valence electrons. The minimum absolute atomic E-state index is 0.609. The Hall–Kier alpha value is -8.19. The van der Waals surface area contributed by atoms with Crippen LogP contribution in [0.5, 0.6) is 0 Å². The van der Waals surface area contributed by atoms with Gasteiger partial charge in [0.05, 0.1) is 39.5 Å². The van der Waals surface area contributed by atoms with E-state index in [-0.39, 0.29) is 0 Å². The first-order chi connectivity index (χ1) is 31.0. The molecular formula is C60H39N3. The summed E-state index contributed by atoms with van der Waals surface area (Å²) in [4.78, 5) is 10.8. The lowest BCUT2D eigenvalue weighted by molar-refractivity contribution is 0.768. The second-order valence-electron chi connectivity index (χ2n) is 16.8. The zero-order valence-electron chi connectivity index (χ0n) is 34.9. The number of aromatic nitrogens is 2. The summed E-state index contributed by atoms with van der Waals surface area (Å²) in [5.41, 5.74) is 17.9. The number of rotatable bonds is 5. The monoisotopic (exact) mass is 801 g/mol. The van der Waals surface area contributed by atoms with Gasteiger partial charge in [-0.15, -0.1) is 0 Å². The van der Waals surface area contributed by atoms with Gasteiger partial charge in [-0.1, -0.05) is 170 Å². The van der Waals surface area contributed by atoms with Gasteiger partial charge in [-0.25, -0.2) is 9.97 Å². The molecule has 2 aromatic heterocycles. The van der Waals surface area contributed by atoms with Crippen LogP contribution in [0.4, 0.5) is 0 Å². The number of nitrogens with zero attached hydrogens (tertiary/aromatic N) is 3. The number of hydrogen-bond acceptors (Lipinski definition) is 3. The standard InChI is InChI=1S/C60H39N3/c1-37-55-49-23-13-15-25-53(49)63-59(57(55)38(2)54-48-22-12-14-24-52(48)62-58(56(37)54)41-16-6-3-7-17-41)42-29-27-40(28-30-42)43-31-33-47-46-32-26-39(36-61)34-50(46)60(51(47)35-43,44-18-8-4-9-19-44)45-20-10-5-11-21-45/h3-35H,1-2H3. The highest BCUT2D eigenvalue weighted by atomic mass is 14.7. The van der Waals surface area contributed by atoms with Gasteiger partial charge < -0.3 is 0 Å². The molecule has 11 aromatic rings. The van der Waals surface area contributed by atoms with E-state index >= 15 is 0 Å². The average molecular weight is 802 g/mol. The Labute approximate surface area is 366 Å². The first-order valence-electron chi connectivity index (χ1n) is 21.6. The Kier molecular flexibility index (Phi) is 8.26. The van der Waals surface area contributed by atoms with Gasteiger partial charge in [0, 0.05) is 32.7 Å². The van der Waals surface area contributed by atoms with Crippen LogP contribution >= 0.6 is 0 Å². The summed E-state index contributed by atoms with van der Waals surface area (Å²) in [5, 5.41) is 17.2. The fourth-order valence-electron chi connectivity index (χ4n) is 10.8. The third kappa shape index (κ3) is 5.38. The lowest BCUT2D eigenvalue weighted by Crippen LogP contribution is -2.28. The maximum Gasteiger partial charge on any atom is 0.0991 e. The molecule has 3 heteroatoms. The first kappa shape index (κ1) is 36.6. The van der Waals surface area contributed by atoms with E-state index in [9.17, 15) is 5.26 Å². The van der Waals surface area contributed by atoms with E-state index in [1.165, 1.54) is 54.9 Å². The number of nitriles is 1. The van der Waals surface area contributed by atoms with Crippen LogP contribution in [-0.2, 0) is 5.41 Å². The Bertz CT molecular complexity index is 3640. The number of hydrogen-bond donors (Lipinski definition) is 0. The molecule has 12 rings (SSSR count). The van der Waals surface area contributed by atoms with E-state index in [0.29, 0.717) is 5.56 Å². The van der Waals surface area contributed by atoms with Gasteiger partial charge in [-0.05, 0) is 111 Å². The second kappa shape index (κ2) is 14.2. The summed E-state index contributed by atoms with van der Waals surface area (Å²) in [7, 11) is 0. The molecule has 0 radical (unpaired) electrons. The zero-order chi connectivity index (χ0) is 42.2. The molecule has 63 heavy (non-hydrogen) atoms. The largest absolute Gasteiger partial charge is 0.247 e. The smallest absolute Gasteiger partial charge is 0.0991 e. The molecule has 0 aliphatic heterocycles. The van der Waals surface area contributed by atoms with Crippen LogP contribution < -0.4 is 0 Å². The highest BCUT2D eigenvalue weighted by molar-refractivity contribution is 6.25. The maximum absolute atomic E-state index is 10.1. The van der Waals surface area contributed by atoms with Gasteiger partial charge >= 0.3 is 0 Å². The number of pyridine rings is 2. The quantitative estimate of drug-likeness (QED) is 0.129. The van der Waals surface area contributed by atoms with Gasteiger partial charge in [-0.2, -0.15) is 5.26 Å². The van der Waals surface area contributed by atoms with Crippen LogP contribution in [0.2, 0.25) is 0 Å². The van der Waals surface area contributed by atoms with Crippen molar-refractivity contribution >= 4 is 43.4 Å². The van der Waals surface area contributed by atoms with E-state index < -0.39 is 5.41 Å². The molecule has 0 saturated heterocycles. The summed E-state index contributed by atoms with van der Waals surface area (Å²) < 4.78 is 0. The van der Waals surface area contributed by atoms with Crippen molar-refractivity contribution in [1.29, 1.82) is 5.26 Å². The molecule has 0 amide bonds. The van der Waals surface area contributed by atoms with Crippen LogP contribution in [0.1, 0.15) is 38.9 Å². The van der Waals surface area contributed by atoms with Gasteiger partial charge in [0.2, 0.25) is 0 Å². The number of aryl methyl sites for hydroxylation is 2. The van der Waals surface area contributed by atoms with Crippen LogP contribution in [0, 0.1) is 25.2 Å². The number of para-hydroxylation sites is 2. The molecule has 0 atom stereocenters. The van der Waals surface area contributed by atoms with Crippen LogP contribution in [0.15, 0.2) is 200 Å².